The number of halogens is 2. The predicted octanol–water partition coefficient (Wildman–Crippen LogP) is 3.63. The third-order valence-electron chi connectivity index (χ3n) is 3.97. The van der Waals surface area contributed by atoms with E-state index in [4.69, 9.17) is 26.8 Å². The van der Waals surface area contributed by atoms with Crippen LogP contribution in [-0.4, -0.2) is 31.8 Å². The number of carbonyl (C=O) groups is 1. The molecule has 2 rings (SSSR count). The number of carbonyl (C=O) groups excluding carboxylic acids is 1. The van der Waals surface area contributed by atoms with Gasteiger partial charge in [0.05, 0.1) is 12.3 Å². The summed E-state index contributed by atoms with van der Waals surface area (Å²) >= 11 is 6.04. The first-order chi connectivity index (χ1) is 11.1. The van der Waals surface area contributed by atoms with E-state index in [0.717, 1.165) is 25.7 Å². The molecule has 1 aromatic carbocycles. The van der Waals surface area contributed by atoms with E-state index in [2.05, 4.69) is 5.32 Å². The highest BCUT2D eigenvalue weighted by atomic mass is 35.5. The second-order valence-corrected chi connectivity index (χ2v) is 6.24. The molecule has 136 valence electrons. The van der Waals surface area contributed by atoms with Crippen molar-refractivity contribution in [2.24, 2.45) is 11.7 Å². The minimum Gasteiger partial charge on any atom is -0.489 e. The van der Waals surface area contributed by atoms with Crippen molar-refractivity contribution in [1.82, 2.24) is 0 Å². The molecule has 0 spiro atoms. The lowest BCUT2D eigenvalue weighted by molar-refractivity contribution is -0.120. The van der Waals surface area contributed by atoms with Crippen molar-refractivity contribution >= 4 is 35.6 Å². The molecule has 0 heterocycles. The van der Waals surface area contributed by atoms with Crippen molar-refractivity contribution in [1.29, 1.82) is 0 Å². The SMILES string of the molecule is CCOCCOc1ccc(Cl)cc1NC(=O)C1CCCC(N)C1.Cl. The Morgan fingerprint density at radius 3 is 2.88 bits per heavy atom. The summed E-state index contributed by atoms with van der Waals surface area (Å²) in [5, 5.41) is 3.49. The molecule has 3 N–H and O–H groups in total. The average molecular weight is 377 g/mol. The standard InChI is InChI=1S/C17H25ClN2O3.ClH/c1-2-22-8-9-23-16-7-6-13(18)11-15(16)20-17(21)12-4-3-5-14(19)10-12;/h6-7,11-12,14H,2-5,8-10,19H2,1H3,(H,20,21);1H. The van der Waals surface area contributed by atoms with Crippen molar-refractivity contribution < 1.29 is 14.3 Å². The highest BCUT2D eigenvalue weighted by molar-refractivity contribution is 6.31. The van der Waals surface area contributed by atoms with Crippen molar-refractivity contribution in [3.63, 3.8) is 0 Å². The van der Waals surface area contributed by atoms with Crippen molar-refractivity contribution in [3.05, 3.63) is 23.2 Å². The van der Waals surface area contributed by atoms with Gasteiger partial charge in [0.2, 0.25) is 5.91 Å². The fraction of sp³-hybridized carbons (Fsp3) is 0.588. The van der Waals surface area contributed by atoms with Gasteiger partial charge in [-0.2, -0.15) is 0 Å². The largest absolute Gasteiger partial charge is 0.489 e. The molecule has 1 aliphatic carbocycles. The van der Waals surface area contributed by atoms with Crippen LogP contribution in [0.3, 0.4) is 0 Å². The lowest BCUT2D eigenvalue weighted by Gasteiger charge is -2.26. The smallest absolute Gasteiger partial charge is 0.227 e. The first-order valence-corrected chi connectivity index (χ1v) is 8.54. The quantitative estimate of drug-likeness (QED) is 0.712. The van der Waals surface area contributed by atoms with Crippen LogP contribution in [0.1, 0.15) is 32.6 Å². The lowest BCUT2D eigenvalue weighted by atomic mass is 9.85. The molecule has 2 atom stereocenters. The maximum atomic E-state index is 12.5. The van der Waals surface area contributed by atoms with Crippen molar-refractivity contribution in [3.8, 4) is 5.75 Å². The van der Waals surface area contributed by atoms with Gasteiger partial charge in [-0.3, -0.25) is 4.79 Å². The molecule has 1 amide bonds. The van der Waals surface area contributed by atoms with E-state index in [-0.39, 0.29) is 30.3 Å². The van der Waals surface area contributed by atoms with Crippen molar-refractivity contribution in [2.45, 2.75) is 38.6 Å². The van der Waals surface area contributed by atoms with E-state index in [0.29, 0.717) is 36.3 Å². The molecule has 1 saturated carbocycles. The van der Waals surface area contributed by atoms with E-state index in [1.165, 1.54) is 0 Å². The highest BCUT2D eigenvalue weighted by Gasteiger charge is 2.26. The van der Waals surface area contributed by atoms with E-state index < -0.39 is 0 Å². The van der Waals surface area contributed by atoms with Crippen LogP contribution in [0.2, 0.25) is 5.02 Å². The van der Waals surface area contributed by atoms with Crippen LogP contribution >= 0.6 is 24.0 Å². The van der Waals surface area contributed by atoms with Crippen LogP contribution in [0.4, 0.5) is 5.69 Å². The zero-order valence-corrected chi connectivity index (χ0v) is 15.5. The highest BCUT2D eigenvalue weighted by Crippen LogP contribution is 2.30. The molecule has 0 saturated heterocycles. The summed E-state index contributed by atoms with van der Waals surface area (Å²) in [6.45, 7) is 3.51. The molecule has 1 fully saturated rings. The summed E-state index contributed by atoms with van der Waals surface area (Å²) in [5.74, 6) is 0.536. The first-order valence-electron chi connectivity index (χ1n) is 8.16. The third kappa shape index (κ3) is 6.48. The fourth-order valence-electron chi connectivity index (χ4n) is 2.78. The molecule has 0 aromatic heterocycles. The van der Waals surface area contributed by atoms with Gasteiger partial charge in [0, 0.05) is 23.6 Å². The molecule has 5 nitrogen and oxygen atoms in total. The maximum Gasteiger partial charge on any atom is 0.227 e. The number of amides is 1. The van der Waals surface area contributed by atoms with Crippen LogP contribution in [0, 0.1) is 5.92 Å². The van der Waals surface area contributed by atoms with Crippen LogP contribution in [0.25, 0.3) is 0 Å². The molecule has 0 aliphatic heterocycles. The summed E-state index contributed by atoms with van der Waals surface area (Å²) < 4.78 is 10.9. The second kappa shape index (κ2) is 10.8. The Bertz CT molecular complexity index is 529. The lowest BCUT2D eigenvalue weighted by Crippen LogP contribution is -2.34. The number of anilines is 1. The van der Waals surface area contributed by atoms with E-state index in [1.54, 1.807) is 18.2 Å². The Morgan fingerprint density at radius 1 is 1.38 bits per heavy atom. The van der Waals surface area contributed by atoms with Gasteiger partial charge in [-0.15, -0.1) is 12.4 Å². The van der Waals surface area contributed by atoms with Crippen LogP contribution < -0.4 is 15.8 Å². The third-order valence-corrected chi connectivity index (χ3v) is 4.21. The second-order valence-electron chi connectivity index (χ2n) is 5.80. The zero-order chi connectivity index (χ0) is 16.7. The Morgan fingerprint density at radius 2 is 2.17 bits per heavy atom. The fourth-order valence-corrected chi connectivity index (χ4v) is 2.95. The Kier molecular flexibility index (Phi) is 9.44. The van der Waals surface area contributed by atoms with Crippen molar-refractivity contribution in [2.75, 3.05) is 25.1 Å². The number of ether oxygens (including phenoxy) is 2. The van der Waals surface area contributed by atoms with Gasteiger partial charge in [0.15, 0.2) is 0 Å². The van der Waals surface area contributed by atoms with Gasteiger partial charge in [0.1, 0.15) is 12.4 Å². The number of hydrogen-bond donors (Lipinski definition) is 2. The average Bonchev–Trinajstić information content (AvgIpc) is 2.53. The maximum absolute atomic E-state index is 12.5. The summed E-state index contributed by atoms with van der Waals surface area (Å²) in [6, 6.07) is 5.32. The van der Waals surface area contributed by atoms with Crippen LogP contribution in [0.15, 0.2) is 18.2 Å². The molecule has 7 heteroatoms. The number of nitrogens with one attached hydrogen (secondary N) is 1. The van der Waals surface area contributed by atoms with Gasteiger partial charge in [-0.05, 0) is 44.4 Å². The Hall–Kier alpha value is -1.01. The van der Waals surface area contributed by atoms with Gasteiger partial charge in [-0.1, -0.05) is 18.0 Å². The molecular weight excluding hydrogens is 351 g/mol. The number of nitrogens with two attached hydrogens (primary N) is 1. The molecule has 24 heavy (non-hydrogen) atoms. The van der Waals surface area contributed by atoms with Crippen LogP contribution in [-0.2, 0) is 9.53 Å². The summed E-state index contributed by atoms with van der Waals surface area (Å²) in [6.07, 6.45) is 3.59. The molecular formula is C17H26Cl2N2O3. The minimum absolute atomic E-state index is 0. The molecule has 0 bridgehead atoms. The van der Waals surface area contributed by atoms with Gasteiger partial charge >= 0.3 is 0 Å². The predicted molar refractivity (Wildman–Crippen MR) is 99.3 cm³/mol. The van der Waals surface area contributed by atoms with E-state index in [1.807, 2.05) is 6.92 Å². The molecule has 1 aliphatic rings. The molecule has 0 radical (unpaired) electrons. The first kappa shape index (κ1) is 21.0. The topological polar surface area (TPSA) is 73.6 Å². The number of hydrogen-bond acceptors (Lipinski definition) is 4. The molecule has 1 aromatic rings. The minimum atomic E-state index is -0.0472. The van der Waals surface area contributed by atoms with E-state index in [9.17, 15) is 4.79 Å². The number of rotatable bonds is 7. The van der Waals surface area contributed by atoms with Gasteiger partial charge in [-0.25, -0.2) is 0 Å². The molecule has 2 unspecified atom stereocenters. The normalized spacial score (nSPS) is 20.1. The van der Waals surface area contributed by atoms with Gasteiger partial charge in [0.25, 0.3) is 0 Å². The van der Waals surface area contributed by atoms with E-state index >= 15 is 0 Å². The summed E-state index contributed by atoms with van der Waals surface area (Å²) in [7, 11) is 0. The number of benzene rings is 1. The summed E-state index contributed by atoms with van der Waals surface area (Å²) in [5.41, 5.74) is 6.56. The van der Waals surface area contributed by atoms with Gasteiger partial charge < -0.3 is 20.5 Å². The Labute approximate surface area is 154 Å². The Balaban J connectivity index is 0.00000288. The monoisotopic (exact) mass is 376 g/mol. The van der Waals surface area contributed by atoms with Crippen LogP contribution in [0.5, 0.6) is 5.75 Å². The zero-order valence-electron chi connectivity index (χ0n) is 13.9. The summed E-state index contributed by atoms with van der Waals surface area (Å²) in [4.78, 5) is 12.5.